The molecule has 0 radical (unpaired) electrons. The van der Waals surface area contributed by atoms with E-state index >= 15 is 0 Å². The van der Waals surface area contributed by atoms with E-state index in [0.29, 0.717) is 34.5 Å². The number of fused-ring (bicyclic) bond motifs is 1. The van der Waals surface area contributed by atoms with Crippen molar-refractivity contribution in [2.24, 2.45) is 13.0 Å². The summed E-state index contributed by atoms with van der Waals surface area (Å²) >= 11 is 0. The van der Waals surface area contributed by atoms with Crippen molar-refractivity contribution in [1.29, 1.82) is 0 Å². The number of aryl methyl sites for hydroxylation is 3. The summed E-state index contributed by atoms with van der Waals surface area (Å²) in [5, 5.41) is 30.2. The average molecular weight is 564 g/mol. The van der Waals surface area contributed by atoms with Gasteiger partial charge in [0.05, 0.1) is 24.7 Å². The molecular formula is C27H29N7O7. The standard InChI is InChI=1S/C23H23N7O3.C4H6O4/c1-13-4-7-16(11-17(13)24-23(32)18-10-14(2)27-29(18)3)33-21-9-8-20-25-19(12-30(20)28-21)26-22(31)15-5-6-15;5-3(6)1-2-4(7)8/h4,7-12,15H,5-6H2,1-3H3,(H,24,32)(H,26,31);1-2H2,(H,5,6)(H,7,8). The second kappa shape index (κ2) is 12.3. The van der Waals surface area contributed by atoms with Crippen LogP contribution in [0.5, 0.6) is 11.6 Å². The Kier molecular flexibility index (Phi) is 8.60. The van der Waals surface area contributed by atoms with Crippen LogP contribution in [-0.4, -0.2) is 58.3 Å². The van der Waals surface area contributed by atoms with Crippen molar-refractivity contribution in [1.82, 2.24) is 24.4 Å². The van der Waals surface area contributed by atoms with Gasteiger partial charge in [0.1, 0.15) is 11.4 Å². The first kappa shape index (κ1) is 28.7. The van der Waals surface area contributed by atoms with Crippen molar-refractivity contribution in [3.63, 3.8) is 0 Å². The summed E-state index contributed by atoms with van der Waals surface area (Å²) in [6.45, 7) is 3.74. The predicted molar refractivity (Wildman–Crippen MR) is 146 cm³/mol. The van der Waals surface area contributed by atoms with Gasteiger partial charge in [0, 0.05) is 30.8 Å². The molecule has 214 valence electrons. The zero-order chi connectivity index (χ0) is 29.7. The van der Waals surface area contributed by atoms with Crippen LogP contribution in [0.2, 0.25) is 0 Å². The Bertz CT molecular complexity index is 1610. The molecule has 41 heavy (non-hydrogen) atoms. The molecule has 14 nitrogen and oxygen atoms in total. The second-order valence-corrected chi connectivity index (χ2v) is 9.48. The van der Waals surface area contributed by atoms with Crippen molar-refractivity contribution < 1.29 is 34.1 Å². The van der Waals surface area contributed by atoms with Crippen molar-refractivity contribution in [2.45, 2.75) is 39.5 Å². The van der Waals surface area contributed by atoms with Crippen molar-refractivity contribution in [3.05, 3.63) is 59.5 Å². The van der Waals surface area contributed by atoms with Crippen LogP contribution in [0.1, 0.15) is 47.4 Å². The number of aliphatic carboxylic acids is 2. The largest absolute Gasteiger partial charge is 0.481 e. The number of benzene rings is 1. The second-order valence-electron chi connectivity index (χ2n) is 9.48. The summed E-state index contributed by atoms with van der Waals surface area (Å²) < 4.78 is 9.02. The molecule has 0 spiro atoms. The Morgan fingerprint density at radius 1 is 0.976 bits per heavy atom. The third-order valence-corrected chi connectivity index (χ3v) is 5.96. The van der Waals surface area contributed by atoms with Crippen LogP contribution in [0.25, 0.3) is 5.65 Å². The maximum Gasteiger partial charge on any atom is 0.303 e. The maximum atomic E-state index is 12.7. The highest BCUT2D eigenvalue weighted by Crippen LogP contribution is 2.30. The number of rotatable bonds is 9. The number of anilines is 2. The molecule has 0 atom stereocenters. The molecular weight excluding hydrogens is 534 g/mol. The van der Waals surface area contributed by atoms with Crippen LogP contribution in [-0.2, 0) is 21.4 Å². The molecule has 1 fully saturated rings. The van der Waals surface area contributed by atoms with Gasteiger partial charge >= 0.3 is 11.9 Å². The molecule has 1 aliphatic rings. The number of imidazole rings is 1. The highest BCUT2D eigenvalue weighted by atomic mass is 16.5. The highest BCUT2D eigenvalue weighted by Gasteiger charge is 2.30. The van der Waals surface area contributed by atoms with Crippen molar-refractivity contribution in [3.8, 4) is 11.6 Å². The average Bonchev–Trinajstić information content (AvgIpc) is 3.60. The van der Waals surface area contributed by atoms with E-state index in [4.69, 9.17) is 14.9 Å². The summed E-state index contributed by atoms with van der Waals surface area (Å²) in [6.07, 6.45) is 2.91. The van der Waals surface area contributed by atoms with Crippen molar-refractivity contribution in [2.75, 3.05) is 10.6 Å². The number of hydrogen-bond donors (Lipinski definition) is 4. The summed E-state index contributed by atoms with van der Waals surface area (Å²) in [5.74, 6) is -0.987. The van der Waals surface area contributed by atoms with Crippen LogP contribution < -0.4 is 15.4 Å². The lowest BCUT2D eigenvalue weighted by molar-refractivity contribution is -0.143. The van der Waals surface area contributed by atoms with E-state index in [9.17, 15) is 19.2 Å². The van der Waals surface area contributed by atoms with E-state index in [0.717, 1.165) is 24.1 Å². The van der Waals surface area contributed by atoms with E-state index in [2.05, 4.69) is 25.8 Å². The van der Waals surface area contributed by atoms with Gasteiger partial charge in [-0.1, -0.05) is 6.07 Å². The molecule has 3 aromatic heterocycles. The van der Waals surface area contributed by atoms with Gasteiger partial charge < -0.3 is 25.6 Å². The SMILES string of the molecule is Cc1cc(C(=O)Nc2cc(Oc3ccc4nc(NC(=O)C5CC5)cn4n3)ccc2C)n(C)n1.O=C(O)CCC(=O)O. The molecule has 0 bridgehead atoms. The van der Waals surface area contributed by atoms with Crippen LogP contribution in [0, 0.1) is 19.8 Å². The van der Waals surface area contributed by atoms with Crippen molar-refractivity contribution >= 4 is 40.9 Å². The fraction of sp³-hybridized carbons (Fsp3) is 0.296. The van der Waals surface area contributed by atoms with Crippen LogP contribution >= 0.6 is 0 Å². The lowest BCUT2D eigenvalue weighted by Gasteiger charge is -2.11. The lowest BCUT2D eigenvalue weighted by atomic mass is 10.2. The minimum Gasteiger partial charge on any atom is -0.481 e. The molecule has 1 saturated carbocycles. The number of carboxylic acid groups (broad SMARTS) is 2. The van der Waals surface area contributed by atoms with E-state index in [-0.39, 0.29) is 30.6 Å². The van der Waals surface area contributed by atoms with Gasteiger partial charge in [-0.25, -0.2) is 9.50 Å². The van der Waals surface area contributed by atoms with Gasteiger partial charge in [0.25, 0.3) is 5.91 Å². The van der Waals surface area contributed by atoms with Gasteiger partial charge in [-0.3, -0.25) is 23.9 Å². The molecule has 0 aliphatic heterocycles. The van der Waals surface area contributed by atoms with Gasteiger partial charge in [0.2, 0.25) is 11.8 Å². The fourth-order valence-corrected chi connectivity index (χ4v) is 3.70. The quantitative estimate of drug-likeness (QED) is 0.235. The zero-order valence-electron chi connectivity index (χ0n) is 22.6. The number of nitrogens with one attached hydrogen (secondary N) is 2. The molecule has 0 saturated heterocycles. The van der Waals surface area contributed by atoms with E-state index in [1.165, 1.54) is 0 Å². The number of nitrogens with zero attached hydrogens (tertiary/aromatic N) is 5. The molecule has 2 amide bonds. The summed E-state index contributed by atoms with van der Waals surface area (Å²) in [4.78, 5) is 48.3. The van der Waals surface area contributed by atoms with Crippen LogP contribution in [0.4, 0.5) is 11.5 Å². The van der Waals surface area contributed by atoms with E-state index < -0.39 is 11.9 Å². The van der Waals surface area contributed by atoms with Gasteiger partial charge in [-0.2, -0.15) is 5.10 Å². The first-order valence-electron chi connectivity index (χ1n) is 12.7. The Morgan fingerprint density at radius 3 is 2.29 bits per heavy atom. The first-order chi connectivity index (χ1) is 19.5. The smallest absolute Gasteiger partial charge is 0.303 e. The first-order valence-corrected chi connectivity index (χ1v) is 12.7. The lowest BCUT2D eigenvalue weighted by Crippen LogP contribution is -2.16. The molecule has 5 rings (SSSR count). The third-order valence-electron chi connectivity index (χ3n) is 5.96. The summed E-state index contributed by atoms with van der Waals surface area (Å²) in [5.41, 5.74) is 3.35. The fourth-order valence-electron chi connectivity index (χ4n) is 3.70. The number of hydrogen-bond acceptors (Lipinski definition) is 8. The number of carbonyl (C=O) groups is 4. The molecule has 1 aliphatic carbocycles. The van der Waals surface area contributed by atoms with Gasteiger partial charge in [0.15, 0.2) is 11.5 Å². The Balaban J connectivity index is 0.000000426. The topological polar surface area (TPSA) is 190 Å². The highest BCUT2D eigenvalue weighted by molar-refractivity contribution is 6.03. The molecule has 0 unspecified atom stereocenters. The molecule has 3 heterocycles. The van der Waals surface area contributed by atoms with E-state index in [1.54, 1.807) is 52.8 Å². The summed E-state index contributed by atoms with van der Waals surface area (Å²) in [7, 11) is 1.73. The number of ether oxygens (including phenoxy) is 1. The number of carboxylic acids is 2. The predicted octanol–water partition coefficient (Wildman–Crippen LogP) is 3.41. The zero-order valence-corrected chi connectivity index (χ0v) is 22.6. The monoisotopic (exact) mass is 563 g/mol. The third kappa shape index (κ3) is 7.88. The van der Waals surface area contributed by atoms with Gasteiger partial charge in [-0.15, -0.1) is 5.10 Å². The van der Waals surface area contributed by atoms with Gasteiger partial charge in [-0.05, 0) is 50.5 Å². The molecule has 4 N–H and O–H groups in total. The van der Waals surface area contributed by atoms with Crippen LogP contribution in [0.3, 0.4) is 0 Å². The van der Waals surface area contributed by atoms with E-state index in [1.807, 2.05) is 19.9 Å². The molecule has 14 heteroatoms. The molecule has 1 aromatic carbocycles. The minimum absolute atomic E-state index is 0.00889. The summed E-state index contributed by atoms with van der Waals surface area (Å²) in [6, 6.07) is 10.6. The number of amides is 2. The Morgan fingerprint density at radius 2 is 1.68 bits per heavy atom. The Labute approximate surface area is 234 Å². The maximum absolute atomic E-state index is 12.7. The minimum atomic E-state index is -1.08. The number of carbonyl (C=O) groups excluding carboxylic acids is 2. The number of aromatic nitrogens is 5. The van der Waals surface area contributed by atoms with Crippen LogP contribution in [0.15, 0.2) is 42.6 Å². The Hall–Kier alpha value is -5.27. The molecule has 4 aromatic rings. The normalized spacial score (nSPS) is 12.3.